The minimum atomic E-state index is -4.59. The van der Waals surface area contributed by atoms with Crippen LogP contribution in [0.15, 0.2) is 64.0 Å². The third kappa shape index (κ3) is 6.49. The van der Waals surface area contributed by atoms with Gasteiger partial charge in [-0.3, -0.25) is 4.79 Å². The van der Waals surface area contributed by atoms with Crippen LogP contribution in [0.4, 0.5) is 13.2 Å². The highest BCUT2D eigenvalue weighted by atomic mass is 19.4. The molecule has 0 N–H and O–H groups in total. The molecule has 0 saturated heterocycles. The fourth-order valence-electron chi connectivity index (χ4n) is 3.46. The molecule has 0 bridgehead atoms. The van der Waals surface area contributed by atoms with E-state index in [0.29, 0.717) is 18.8 Å². The van der Waals surface area contributed by atoms with Gasteiger partial charge >= 0.3 is 12.1 Å². The molecule has 0 spiro atoms. The Bertz CT molecular complexity index is 1060. The number of ether oxygens (including phenoxy) is 1. The number of aliphatic imine (C=N–C) groups is 1. The number of nitrogens with zero attached hydrogens (tertiary/aromatic N) is 3. The predicted octanol–water partition coefficient (Wildman–Crippen LogP) is 4.71. The molecule has 1 aliphatic rings. The van der Waals surface area contributed by atoms with Crippen molar-refractivity contribution >= 4 is 17.8 Å². The summed E-state index contributed by atoms with van der Waals surface area (Å²) >= 11 is 0. The van der Waals surface area contributed by atoms with E-state index in [4.69, 9.17) is 9.15 Å². The van der Waals surface area contributed by atoms with Crippen LogP contribution >= 0.6 is 0 Å². The summed E-state index contributed by atoms with van der Waals surface area (Å²) in [5.41, 5.74) is -1.23. The van der Waals surface area contributed by atoms with Gasteiger partial charge < -0.3 is 19.0 Å². The maximum absolute atomic E-state index is 13.2. The number of amides is 1. The quantitative estimate of drug-likeness (QED) is 0.282. The maximum atomic E-state index is 13.2. The molecule has 182 valence electrons. The summed E-state index contributed by atoms with van der Waals surface area (Å²) in [4.78, 5) is 31.6. The van der Waals surface area contributed by atoms with Crippen LogP contribution in [0.3, 0.4) is 0 Å². The average molecular weight is 477 g/mol. The van der Waals surface area contributed by atoms with E-state index < -0.39 is 17.7 Å². The van der Waals surface area contributed by atoms with Crippen LogP contribution in [0.1, 0.15) is 47.4 Å². The first-order chi connectivity index (χ1) is 16.2. The third-order valence-electron chi connectivity index (χ3n) is 5.26. The molecule has 0 saturated carbocycles. The zero-order chi connectivity index (χ0) is 24.7. The number of hydrogen-bond acceptors (Lipinski definition) is 6. The standard InChI is InChI=1S/C24H26F3N3O4/c1-29(13-7-3-4-8-14-30(2)22(31)20-12-9-15-33-20)16-19-23(32)34-21(28-19)17-10-5-6-11-18(17)24(25,26)27/h5-6,9-12,15-16H,3-4,7-8,13-14H2,1-2H3. The average Bonchev–Trinajstić information content (AvgIpc) is 3.45. The first-order valence-corrected chi connectivity index (χ1v) is 10.9. The van der Waals surface area contributed by atoms with Gasteiger partial charge in [-0.15, -0.1) is 0 Å². The molecular formula is C24H26F3N3O4. The highest BCUT2D eigenvalue weighted by molar-refractivity contribution is 6.11. The Morgan fingerprint density at radius 2 is 1.74 bits per heavy atom. The molecule has 0 aliphatic carbocycles. The van der Waals surface area contributed by atoms with Gasteiger partial charge in [0.25, 0.3) is 5.91 Å². The predicted molar refractivity (Wildman–Crippen MR) is 119 cm³/mol. The normalized spacial score (nSPS) is 14.8. The van der Waals surface area contributed by atoms with E-state index in [-0.39, 0.29) is 23.1 Å². The highest BCUT2D eigenvalue weighted by Gasteiger charge is 2.37. The van der Waals surface area contributed by atoms with Gasteiger partial charge in [-0.2, -0.15) is 13.2 Å². The molecule has 34 heavy (non-hydrogen) atoms. The number of benzene rings is 1. The van der Waals surface area contributed by atoms with E-state index in [0.717, 1.165) is 31.7 Å². The number of carbonyl (C=O) groups is 2. The highest BCUT2D eigenvalue weighted by Crippen LogP contribution is 2.33. The molecular weight excluding hydrogens is 451 g/mol. The lowest BCUT2D eigenvalue weighted by Crippen LogP contribution is -2.27. The first kappa shape index (κ1) is 25.1. The molecule has 1 aromatic carbocycles. The van der Waals surface area contributed by atoms with Gasteiger partial charge in [-0.05, 0) is 37.1 Å². The molecule has 0 radical (unpaired) electrons. The van der Waals surface area contributed by atoms with Crippen molar-refractivity contribution in [3.05, 3.63) is 71.4 Å². The summed E-state index contributed by atoms with van der Waals surface area (Å²) in [6.45, 7) is 1.24. The molecule has 2 heterocycles. The smallest absolute Gasteiger partial charge is 0.417 e. The number of cyclic esters (lactones) is 1. The van der Waals surface area contributed by atoms with E-state index in [2.05, 4.69) is 4.99 Å². The second-order valence-corrected chi connectivity index (χ2v) is 7.96. The van der Waals surface area contributed by atoms with Crippen LogP contribution in [-0.4, -0.2) is 54.8 Å². The Morgan fingerprint density at radius 1 is 1.03 bits per heavy atom. The summed E-state index contributed by atoms with van der Waals surface area (Å²) in [5.74, 6) is -0.984. The van der Waals surface area contributed by atoms with Gasteiger partial charge in [0.15, 0.2) is 11.5 Å². The Kier molecular flexibility index (Phi) is 8.14. The molecule has 2 aromatic rings. The summed E-state index contributed by atoms with van der Waals surface area (Å²) < 4.78 is 49.8. The number of alkyl halides is 3. The molecule has 1 amide bonds. The van der Waals surface area contributed by atoms with Crippen molar-refractivity contribution < 1.29 is 31.9 Å². The fraction of sp³-hybridized carbons (Fsp3) is 0.375. The molecule has 1 aromatic heterocycles. The van der Waals surface area contributed by atoms with E-state index in [1.54, 1.807) is 36.0 Å². The second kappa shape index (κ2) is 11.0. The number of furan rings is 1. The maximum Gasteiger partial charge on any atom is 0.417 e. The number of halogens is 3. The molecule has 1 aliphatic heterocycles. The van der Waals surface area contributed by atoms with Gasteiger partial charge in [0.2, 0.25) is 5.90 Å². The molecule has 0 unspecified atom stereocenters. The van der Waals surface area contributed by atoms with Crippen LogP contribution in [0.5, 0.6) is 0 Å². The minimum Gasteiger partial charge on any atom is -0.459 e. The van der Waals surface area contributed by atoms with Crippen LogP contribution in [0.2, 0.25) is 0 Å². The summed E-state index contributed by atoms with van der Waals surface area (Å²) in [7, 11) is 3.49. The number of rotatable bonds is 10. The third-order valence-corrected chi connectivity index (χ3v) is 5.26. The van der Waals surface area contributed by atoms with Gasteiger partial charge in [0.05, 0.1) is 11.8 Å². The van der Waals surface area contributed by atoms with E-state index in [1.165, 1.54) is 30.7 Å². The molecule has 3 rings (SSSR count). The van der Waals surface area contributed by atoms with Crippen molar-refractivity contribution in [1.29, 1.82) is 0 Å². The SMILES string of the molecule is CN(C=C1N=C(c2ccccc2C(F)(F)F)OC1=O)CCCCCCN(C)C(=O)c1ccco1. The van der Waals surface area contributed by atoms with E-state index >= 15 is 0 Å². The lowest BCUT2D eigenvalue weighted by atomic mass is 10.1. The van der Waals surface area contributed by atoms with Crippen molar-refractivity contribution in [3.8, 4) is 0 Å². The van der Waals surface area contributed by atoms with Crippen molar-refractivity contribution in [2.24, 2.45) is 4.99 Å². The van der Waals surface area contributed by atoms with Gasteiger partial charge in [0.1, 0.15) is 0 Å². The van der Waals surface area contributed by atoms with Crippen molar-refractivity contribution in [2.75, 3.05) is 27.2 Å². The zero-order valence-electron chi connectivity index (χ0n) is 19.0. The molecule has 0 fully saturated rings. The van der Waals surface area contributed by atoms with E-state index in [1.807, 2.05) is 0 Å². The van der Waals surface area contributed by atoms with Crippen LogP contribution in [0, 0.1) is 0 Å². The zero-order valence-corrected chi connectivity index (χ0v) is 19.0. The molecule has 7 nitrogen and oxygen atoms in total. The Balaban J connectivity index is 1.45. The Hall–Kier alpha value is -3.56. The second-order valence-electron chi connectivity index (χ2n) is 7.96. The van der Waals surface area contributed by atoms with Crippen LogP contribution in [-0.2, 0) is 15.7 Å². The molecule has 10 heteroatoms. The summed E-state index contributed by atoms with van der Waals surface area (Å²) in [5, 5.41) is 0. The van der Waals surface area contributed by atoms with Crippen LogP contribution in [0.25, 0.3) is 0 Å². The van der Waals surface area contributed by atoms with Crippen LogP contribution < -0.4 is 0 Å². The number of unbranched alkanes of at least 4 members (excludes halogenated alkanes) is 3. The Labute approximate surface area is 195 Å². The van der Waals surface area contributed by atoms with Crippen molar-refractivity contribution in [3.63, 3.8) is 0 Å². The fourth-order valence-corrected chi connectivity index (χ4v) is 3.46. The largest absolute Gasteiger partial charge is 0.459 e. The molecule has 0 atom stereocenters. The lowest BCUT2D eigenvalue weighted by Gasteiger charge is -2.16. The number of hydrogen-bond donors (Lipinski definition) is 0. The Morgan fingerprint density at radius 3 is 2.41 bits per heavy atom. The monoisotopic (exact) mass is 477 g/mol. The van der Waals surface area contributed by atoms with Crippen molar-refractivity contribution in [1.82, 2.24) is 9.80 Å². The lowest BCUT2D eigenvalue weighted by molar-refractivity contribution is -0.138. The minimum absolute atomic E-state index is 0.0486. The van der Waals surface area contributed by atoms with Gasteiger partial charge in [-0.1, -0.05) is 25.0 Å². The van der Waals surface area contributed by atoms with Crippen molar-refractivity contribution in [2.45, 2.75) is 31.9 Å². The topological polar surface area (TPSA) is 75.3 Å². The number of carbonyl (C=O) groups excluding carboxylic acids is 2. The first-order valence-electron chi connectivity index (χ1n) is 10.9. The summed E-state index contributed by atoms with van der Waals surface area (Å²) in [6.07, 6.45) is 1.85. The summed E-state index contributed by atoms with van der Waals surface area (Å²) in [6, 6.07) is 8.14. The van der Waals surface area contributed by atoms with Gasteiger partial charge in [-0.25, -0.2) is 9.79 Å². The number of esters is 1. The van der Waals surface area contributed by atoms with Gasteiger partial charge in [0, 0.05) is 38.9 Å². The van der Waals surface area contributed by atoms with E-state index in [9.17, 15) is 22.8 Å².